The van der Waals surface area contributed by atoms with Crippen molar-refractivity contribution < 1.29 is 0 Å². The molecule has 0 spiro atoms. The molecule has 1 heteroatoms. The third-order valence-corrected chi connectivity index (χ3v) is 2.70. The van der Waals surface area contributed by atoms with Crippen molar-refractivity contribution in [1.82, 2.24) is 4.90 Å². The second kappa shape index (κ2) is 8.05. The molecule has 0 aromatic heterocycles. The molecule has 0 aliphatic rings. The largest absolute Gasteiger partial charge is 0.309 e. The third kappa shape index (κ3) is 7.14. The summed E-state index contributed by atoms with van der Waals surface area (Å²) in [6, 6.07) is 0. The summed E-state index contributed by atoms with van der Waals surface area (Å²) in [4.78, 5) is 2.27. The molecule has 14 heavy (non-hydrogen) atoms. The monoisotopic (exact) mass is 197 g/mol. The van der Waals surface area contributed by atoms with Gasteiger partial charge in [0.1, 0.15) is 0 Å². The number of allylic oxidation sites excluding steroid dienone is 1. The Morgan fingerprint density at radius 3 is 2.29 bits per heavy atom. The van der Waals surface area contributed by atoms with Crippen LogP contribution < -0.4 is 0 Å². The minimum Gasteiger partial charge on any atom is -0.309 e. The van der Waals surface area contributed by atoms with Crippen LogP contribution in [-0.4, -0.2) is 25.5 Å². The van der Waals surface area contributed by atoms with E-state index in [4.69, 9.17) is 0 Å². The summed E-state index contributed by atoms with van der Waals surface area (Å²) in [6.45, 7) is 9.70. The van der Waals surface area contributed by atoms with E-state index in [1.54, 1.807) is 0 Å². The Hall–Kier alpha value is -0.300. The van der Waals surface area contributed by atoms with Crippen LogP contribution in [0.1, 0.15) is 39.5 Å². The highest BCUT2D eigenvalue weighted by Gasteiger charge is 2.07. The zero-order valence-corrected chi connectivity index (χ0v) is 10.4. The van der Waals surface area contributed by atoms with Crippen LogP contribution in [0.25, 0.3) is 0 Å². The van der Waals surface area contributed by atoms with Crippen molar-refractivity contribution in [2.75, 3.05) is 20.6 Å². The summed E-state index contributed by atoms with van der Waals surface area (Å²) >= 11 is 0. The topological polar surface area (TPSA) is 3.24 Å². The van der Waals surface area contributed by atoms with Gasteiger partial charge in [0.05, 0.1) is 0 Å². The lowest BCUT2D eigenvalue weighted by atomic mass is 9.93. The number of nitrogens with zero attached hydrogens (tertiary/aromatic N) is 1. The van der Waals surface area contributed by atoms with Crippen LogP contribution in [0.2, 0.25) is 0 Å². The van der Waals surface area contributed by atoms with Crippen LogP contribution in [0.15, 0.2) is 12.7 Å². The zero-order valence-electron chi connectivity index (χ0n) is 10.4. The average molecular weight is 197 g/mol. The van der Waals surface area contributed by atoms with Gasteiger partial charge < -0.3 is 4.90 Å². The summed E-state index contributed by atoms with van der Waals surface area (Å²) in [6.07, 6.45) is 7.35. The Morgan fingerprint density at radius 2 is 1.86 bits per heavy atom. The highest BCUT2D eigenvalue weighted by atomic mass is 15.1. The standard InChI is InChI=1S/C13H27N/c1-6-8-13(7-2)10-9-12(3)11-14(4)5/h7,12-13H,2,6,8-11H2,1,3-5H3. The van der Waals surface area contributed by atoms with Gasteiger partial charge in [0, 0.05) is 6.54 Å². The van der Waals surface area contributed by atoms with Gasteiger partial charge in [-0.2, -0.15) is 0 Å². The summed E-state index contributed by atoms with van der Waals surface area (Å²) in [5.41, 5.74) is 0. The van der Waals surface area contributed by atoms with Gasteiger partial charge in [-0.15, -0.1) is 6.58 Å². The van der Waals surface area contributed by atoms with Crippen LogP contribution >= 0.6 is 0 Å². The van der Waals surface area contributed by atoms with E-state index in [0.29, 0.717) is 0 Å². The maximum Gasteiger partial charge on any atom is 0.0000923 e. The molecule has 0 amide bonds. The summed E-state index contributed by atoms with van der Waals surface area (Å²) < 4.78 is 0. The van der Waals surface area contributed by atoms with Crippen molar-refractivity contribution in [3.63, 3.8) is 0 Å². The molecule has 0 aliphatic heterocycles. The van der Waals surface area contributed by atoms with Crippen molar-refractivity contribution in [2.24, 2.45) is 11.8 Å². The first-order chi connectivity index (χ1) is 6.60. The third-order valence-electron chi connectivity index (χ3n) is 2.70. The van der Waals surface area contributed by atoms with Gasteiger partial charge >= 0.3 is 0 Å². The minimum absolute atomic E-state index is 0.740. The fraction of sp³-hybridized carbons (Fsp3) is 0.846. The van der Waals surface area contributed by atoms with E-state index in [0.717, 1.165) is 11.8 Å². The van der Waals surface area contributed by atoms with E-state index in [1.165, 1.54) is 32.2 Å². The van der Waals surface area contributed by atoms with Gasteiger partial charge in [-0.05, 0) is 45.2 Å². The highest BCUT2D eigenvalue weighted by Crippen LogP contribution is 2.18. The summed E-state index contributed by atoms with van der Waals surface area (Å²) in [7, 11) is 4.29. The van der Waals surface area contributed by atoms with Gasteiger partial charge in [-0.3, -0.25) is 0 Å². The van der Waals surface area contributed by atoms with Crippen LogP contribution in [0, 0.1) is 11.8 Å². The van der Waals surface area contributed by atoms with Crippen LogP contribution in [0.3, 0.4) is 0 Å². The quantitative estimate of drug-likeness (QED) is 0.538. The molecule has 0 aliphatic carbocycles. The lowest BCUT2D eigenvalue weighted by molar-refractivity contribution is 0.313. The van der Waals surface area contributed by atoms with Gasteiger partial charge in [0.15, 0.2) is 0 Å². The maximum absolute atomic E-state index is 3.91. The summed E-state index contributed by atoms with van der Waals surface area (Å²) in [5.74, 6) is 1.55. The molecule has 0 N–H and O–H groups in total. The fourth-order valence-electron chi connectivity index (χ4n) is 1.96. The van der Waals surface area contributed by atoms with Crippen LogP contribution in [0.4, 0.5) is 0 Å². The van der Waals surface area contributed by atoms with Crippen molar-refractivity contribution in [2.45, 2.75) is 39.5 Å². The average Bonchev–Trinajstić information content (AvgIpc) is 2.11. The Morgan fingerprint density at radius 1 is 1.21 bits per heavy atom. The molecule has 2 atom stereocenters. The minimum atomic E-state index is 0.740. The van der Waals surface area contributed by atoms with Crippen molar-refractivity contribution in [3.8, 4) is 0 Å². The van der Waals surface area contributed by atoms with Gasteiger partial charge in [0.2, 0.25) is 0 Å². The smallest absolute Gasteiger partial charge is 0.0000923 e. The molecule has 84 valence electrons. The SMILES string of the molecule is C=CC(CCC)CCC(C)CN(C)C. The maximum atomic E-state index is 3.91. The number of hydrogen-bond acceptors (Lipinski definition) is 1. The van der Waals surface area contributed by atoms with E-state index in [-0.39, 0.29) is 0 Å². The lowest BCUT2D eigenvalue weighted by Gasteiger charge is -2.19. The zero-order chi connectivity index (χ0) is 11.0. The fourth-order valence-corrected chi connectivity index (χ4v) is 1.96. The van der Waals surface area contributed by atoms with Crippen molar-refractivity contribution in [3.05, 3.63) is 12.7 Å². The Balaban J connectivity index is 3.62. The molecule has 0 aromatic carbocycles. The van der Waals surface area contributed by atoms with E-state index in [1.807, 2.05) is 0 Å². The molecule has 0 heterocycles. The Kier molecular flexibility index (Phi) is 7.87. The predicted molar refractivity (Wildman–Crippen MR) is 65.5 cm³/mol. The van der Waals surface area contributed by atoms with Crippen LogP contribution in [-0.2, 0) is 0 Å². The first kappa shape index (κ1) is 13.7. The first-order valence-electron chi connectivity index (χ1n) is 5.87. The molecule has 0 rings (SSSR count). The lowest BCUT2D eigenvalue weighted by Crippen LogP contribution is -2.20. The van der Waals surface area contributed by atoms with Crippen molar-refractivity contribution >= 4 is 0 Å². The molecule has 1 nitrogen and oxygen atoms in total. The van der Waals surface area contributed by atoms with Gasteiger partial charge in [-0.1, -0.05) is 26.3 Å². The molecule has 0 saturated carbocycles. The van der Waals surface area contributed by atoms with Gasteiger partial charge in [-0.25, -0.2) is 0 Å². The normalized spacial score (nSPS) is 15.5. The molecule has 0 fully saturated rings. The van der Waals surface area contributed by atoms with E-state index < -0.39 is 0 Å². The molecule has 0 saturated heterocycles. The second-order valence-electron chi connectivity index (χ2n) is 4.73. The second-order valence-corrected chi connectivity index (χ2v) is 4.73. The molecule has 2 unspecified atom stereocenters. The van der Waals surface area contributed by atoms with Crippen molar-refractivity contribution in [1.29, 1.82) is 0 Å². The summed E-state index contributed by atoms with van der Waals surface area (Å²) in [5, 5.41) is 0. The Labute approximate surface area is 90.2 Å². The highest BCUT2D eigenvalue weighted by molar-refractivity contribution is 4.79. The van der Waals surface area contributed by atoms with E-state index >= 15 is 0 Å². The van der Waals surface area contributed by atoms with E-state index in [2.05, 4.69) is 45.5 Å². The Bertz CT molecular complexity index is 140. The number of rotatable bonds is 8. The van der Waals surface area contributed by atoms with Crippen LogP contribution in [0.5, 0.6) is 0 Å². The molecular weight excluding hydrogens is 170 g/mol. The van der Waals surface area contributed by atoms with E-state index in [9.17, 15) is 0 Å². The molecule has 0 aromatic rings. The molecule has 0 radical (unpaired) electrons. The predicted octanol–water partition coefficient (Wildman–Crippen LogP) is 3.57. The molecular formula is C13H27N. The van der Waals surface area contributed by atoms with Gasteiger partial charge in [0.25, 0.3) is 0 Å². The number of hydrogen-bond donors (Lipinski definition) is 0. The molecule has 0 bridgehead atoms. The first-order valence-corrected chi connectivity index (χ1v) is 5.87.